The average molecular weight is 1570 g/mol. The van der Waals surface area contributed by atoms with Crippen LogP contribution in [0.3, 0.4) is 0 Å². The van der Waals surface area contributed by atoms with Gasteiger partial charge in [-0.15, -0.1) is 15.3 Å². The average Bonchev–Trinajstić information content (AvgIpc) is 1.63. The Morgan fingerprint density at radius 1 is 0.456 bits per heavy atom. The van der Waals surface area contributed by atoms with Crippen LogP contribution in [-0.2, 0) is 48.5 Å². The van der Waals surface area contributed by atoms with Gasteiger partial charge in [0.05, 0.1) is 26.4 Å². The molecule has 3 saturated heterocycles. The van der Waals surface area contributed by atoms with Crippen molar-refractivity contribution >= 4 is 109 Å². The second kappa shape index (κ2) is 33.1. The van der Waals surface area contributed by atoms with Crippen LogP contribution in [0.5, 0.6) is 0 Å². The van der Waals surface area contributed by atoms with Gasteiger partial charge in [0, 0.05) is 24.5 Å². The summed E-state index contributed by atoms with van der Waals surface area (Å²) in [7, 11) is -13.9. The molecular weight excluding hydrogens is 1490 g/mol. The Bertz CT molecular complexity index is 4170. The largest absolute Gasteiger partial charge is 0.393 e. The Morgan fingerprint density at radius 3 is 1.09 bits per heavy atom. The minimum atomic E-state index is -4.73. The molecule has 4 saturated carbocycles. The van der Waals surface area contributed by atoms with Crippen molar-refractivity contribution in [3.63, 3.8) is 0 Å². The summed E-state index contributed by atoms with van der Waals surface area (Å²) < 4.78 is 72.0. The Morgan fingerprint density at radius 2 is 0.777 bits per heavy atom. The summed E-state index contributed by atoms with van der Waals surface area (Å²) in [6.07, 6.45) is -0.805. The molecule has 14 rings (SSSR count). The SMILES string of the molecule is O=P(O)(O)C(CC1CC1)OC[C@H]1O[C@@H](n2nnc3c(NC4CCCC4)nc(Cl)nc32)[C@H](O)[C@@H]1O.O=P(O)(O)C(CO)OC[C@H]1O[C@@H](n2nnc3c(NC4CCCC4)nc(Cl)nc32)[C@H](O)[C@@H]1O.O=P(O)(O)C(Cc1ccccc1)OC[C@H]1O[C@@H](n2nnc3c(NC4CCCC4)nc(Cl)nc32)[C@H](O)[C@@H]1O. The molecular formula is C57H80Cl3N18O22P3. The Kier molecular flexibility index (Phi) is 24.9. The van der Waals surface area contributed by atoms with Gasteiger partial charge in [0.1, 0.15) is 54.9 Å². The van der Waals surface area contributed by atoms with E-state index in [9.17, 15) is 63.9 Å². The maximum atomic E-state index is 12.0. The van der Waals surface area contributed by atoms with E-state index in [2.05, 4.69) is 76.8 Å². The zero-order valence-corrected chi connectivity index (χ0v) is 59.6. The van der Waals surface area contributed by atoms with E-state index in [-0.39, 0.29) is 82.9 Å². The van der Waals surface area contributed by atoms with Gasteiger partial charge in [-0.25, -0.2) is 0 Å². The van der Waals surface area contributed by atoms with Crippen molar-refractivity contribution in [2.45, 2.75) is 212 Å². The Labute approximate surface area is 600 Å². The molecule has 3 unspecified atom stereocenters. The van der Waals surface area contributed by atoms with E-state index in [0.29, 0.717) is 39.6 Å². The first kappa shape index (κ1) is 77.5. The van der Waals surface area contributed by atoms with Crippen LogP contribution in [0, 0.1) is 5.92 Å². The number of anilines is 3. The van der Waals surface area contributed by atoms with Gasteiger partial charge >= 0.3 is 22.8 Å². The van der Waals surface area contributed by atoms with E-state index in [1.807, 2.05) is 0 Å². The predicted octanol–water partition coefficient (Wildman–Crippen LogP) is 2.14. The highest BCUT2D eigenvalue weighted by molar-refractivity contribution is 7.52. The predicted molar refractivity (Wildman–Crippen MR) is 360 cm³/mol. The number of aliphatic hydroxyl groups excluding tert-OH is 7. The fourth-order valence-corrected chi connectivity index (χ4v) is 15.7. The van der Waals surface area contributed by atoms with Crippen molar-refractivity contribution in [2.75, 3.05) is 42.4 Å². The maximum Gasteiger partial charge on any atom is 0.356 e. The summed E-state index contributed by atoms with van der Waals surface area (Å²) in [6.45, 7) is -2.12. The van der Waals surface area contributed by atoms with Crippen LogP contribution in [-0.4, -0.2) is 257 Å². The third-order valence-corrected chi connectivity index (χ3v) is 22.6. The van der Waals surface area contributed by atoms with Crippen molar-refractivity contribution < 1.29 is 107 Å². The summed E-state index contributed by atoms with van der Waals surface area (Å²) >= 11 is 18.4. The highest BCUT2D eigenvalue weighted by Gasteiger charge is 2.50. The van der Waals surface area contributed by atoms with Gasteiger partial charge < -0.3 is 109 Å². The minimum Gasteiger partial charge on any atom is -0.393 e. The molecule has 566 valence electrons. The smallest absolute Gasteiger partial charge is 0.356 e. The topological polar surface area (TPSA) is 575 Å². The molecule has 4 aliphatic carbocycles. The highest BCUT2D eigenvalue weighted by Crippen LogP contribution is 2.50. The first-order valence-electron chi connectivity index (χ1n) is 33.4. The third kappa shape index (κ3) is 18.5. The van der Waals surface area contributed by atoms with E-state index in [4.69, 9.17) is 78.1 Å². The number of hydrogen-bond acceptors (Lipinski definition) is 31. The molecule has 0 radical (unpaired) electrons. The van der Waals surface area contributed by atoms with E-state index in [0.717, 1.165) is 94.6 Å². The number of aromatic nitrogens is 15. The van der Waals surface area contributed by atoms with Crippen molar-refractivity contribution in [3.8, 4) is 0 Å². The number of aliphatic hydroxyl groups is 7. The molecule has 7 aliphatic rings. The molecule has 40 nitrogen and oxygen atoms in total. The number of hydrogen-bond donors (Lipinski definition) is 16. The van der Waals surface area contributed by atoms with Crippen molar-refractivity contribution in [2.24, 2.45) is 5.92 Å². The molecule has 0 spiro atoms. The fraction of sp³-hybridized carbons (Fsp3) is 0.684. The first-order chi connectivity index (χ1) is 49.1. The summed E-state index contributed by atoms with van der Waals surface area (Å²) in [4.78, 5) is 82.3. The molecule has 6 aromatic heterocycles. The van der Waals surface area contributed by atoms with Gasteiger partial charge in [-0.2, -0.15) is 43.9 Å². The van der Waals surface area contributed by atoms with Crippen LogP contribution in [0.2, 0.25) is 15.9 Å². The lowest BCUT2D eigenvalue weighted by atomic mass is 10.1. The summed E-state index contributed by atoms with van der Waals surface area (Å²) in [6, 6.07) is 9.45. The number of halogens is 3. The zero-order chi connectivity index (χ0) is 73.2. The summed E-state index contributed by atoms with van der Waals surface area (Å²) in [5.74, 6) is -3.03. The van der Waals surface area contributed by atoms with Crippen LogP contribution >= 0.6 is 57.6 Å². The molecule has 16 N–H and O–H groups in total. The quantitative estimate of drug-likeness (QED) is 0.0273. The van der Waals surface area contributed by atoms with E-state index in [1.165, 1.54) is 9.36 Å². The lowest BCUT2D eigenvalue weighted by Gasteiger charge is -2.22. The second-order valence-electron chi connectivity index (χ2n) is 26.3. The van der Waals surface area contributed by atoms with Crippen LogP contribution < -0.4 is 16.0 Å². The highest BCUT2D eigenvalue weighted by atomic mass is 35.5. The van der Waals surface area contributed by atoms with Gasteiger partial charge in [-0.05, 0) is 91.2 Å². The number of benzene rings is 1. The fourth-order valence-electron chi connectivity index (χ4n) is 13.1. The zero-order valence-electron chi connectivity index (χ0n) is 54.7. The van der Waals surface area contributed by atoms with Crippen LogP contribution in [0.15, 0.2) is 30.3 Å². The van der Waals surface area contributed by atoms with E-state index < -0.39 is 127 Å². The lowest BCUT2D eigenvalue weighted by Crippen LogP contribution is -2.35. The molecule has 3 aliphatic heterocycles. The Balaban J connectivity index is 0.000000146. The molecule has 0 amide bonds. The number of nitrogens with zero attached hydrogens (tertiary/aromatic N) is 15. The van der Waals surface area contributed by atoms with Crippen molar-refractivity contribution in [3.05, 3.63) is 51.7 Å². The van der Waals surface area contributed by atoms with Crippen LogP contribution in [0.1, 0.15) is 121 Å². The molecule has 0 bridgehead atoms. The van der Waals surface area contributed by atoms with Crippen molar-refractivity contribution in [1.82, 2.24) is 74.9 Å². The molecule has 7 aromatic rings. The third-order valence-electron chi connectivity index (χ3n) is 18.8. The summed E-state index contributed by atoms with van der Waals surface area (Å²) in [5, 5.41) is 107. The lowest BCUT2D eigenvalue weighted by molar-refractivity contribution is -0.0812. The number of fused-ring (bicyclic) bond motifs is 3. The molecule has 1 aromatic carbocycles. The minimum absolute atomic E-state index is 0.0333. The van der Waals surface area contributed by atoms with Gasteiger partial charge in [-0.1, -0.05) is 97.3 Å². The maximum absolute atomic E-state index is 12.0. The van der Waals surface area contributed by atoms with E-state index >= 15 is 0 Å². The second-order valence-corrected chi connectivity index (χ2v) is 32.6. The van der Waals surface area contributed by atoms with Crippen LogP contribution in [0.25, 0.3) is 33.5 Å². The van der Waals surface area contributed by atoms with Gasteiger partial charge in [0.15, 0.2) is 87.2 Å². The molecule has 103 heavy (non-hydrogen) atoms. The normalized spacial score (nSPS) is 27.5. The number of ether oxygens (including phenoxy) is 6. The number of rotatable bonds is 26. The number of nitrogens with one attached hydrogen (secondary N) is 3. The van der Waals surface area contributed by atoms with Gasteiger partial charge in [-0.3, -0.25) is 13.7 Å². The van der Waals surface area contributed by atoms with Gasteiger partial charge in [0.2, 0.25) is 15.9 Å². The van der Waals surface area contributed by atoms with Crippen LogP contribution in [0.4, 0.5) is 17.5 Å². The standard InChI is InChI=1S/C22H28ClN6O7P.C19H28ClN6O7P.C16H24ClN6O8P/c23-22-25-19(24-13-8-4-5-9-13)16-20(26-22)29(28-27-16)21-18(31)17(30)14(36-21)11-35-15(37(32,33)34)10-12-6-2-1-3-7-12;20-19-22-16(21-10-3-1-2-4-10)13-17(23-19)26(25-24-13)18-15(28)14(27)11(33-18)8-32-12(34(29,30)31)7-9-5-6-9;17-16-19-13(18-7-3-1-2-4-7)10-14(20-16)23(22-21-10)15-12(26)11(25)8(31-15)6-30-9(5-24)32(27,28)29/h1-3,6-7,13-15,17-18,21,30-31H,4-5,8-11H2,(H,24,25,26)(H2,32,33,34);9-12,14-15,18,27-28H,1-8H2,(H,21,22,23)(H2,29,30,31);7-9,11-12,15,24-26H,1-6H2,(H,18,19,20)(H2,27,28,29)/t14-,15?,17-,18-,21-;11-,12?,14-,15-,18-;8-,9?,11-,12-,15-/m111/s1. The summed E-state index contributed by atoms with van der Waals surface area (Å²) in [5.41, 5.74) is 2.28. The molecule has 15 atom stereocenters. The van der Waals surface area contributed by atoms with E-state index in [1.54, 1.807) is 30.3 Å². The Hall–Kier alpha value is -5.14. The van der Waals surface area contributed by atoms with Crippen molar-refractivity contribution in [1.29, 1.82) is 0 Å². The molecule has 9 heterocycles. The van der Waals surface area contributed by atoms with Gasteiger partial charge in [0.25, 0.3) is 0 Å². The molecule has 7 fully saturated rings. The monoisotopic (exact) mass is 1570 g/mol. The molecule has 46 heteroatoms. The first-order valence-corrected chi connectivity index (χ1v) is 39.6.